The number of likely N-dealkylation sites (N-methyl/N-ethyl adjacent to an activating group) is 1. The summed E-state index contributed by atoms with van der Waals surface area (Å²) in [4.78, 5) is 7.86. The molecule has 0 aliphatic carbocycles. The Morgan fingerprint density at radius 3 is 2.55 bits per heavy atom. The maximum Gasteiger partial charge on any atom is 0.226 e. The number of halogens is 5. The van der Waals surface area contributed by atoms with E-state index in [4.69, 9.17) is 46.4 Å². The molecule has 1 atom stereocenters. The summed E-state index contributed by atoms with van der Waals surface area (Å²) in [5.74, 6) is 0.222. The van der Waals surface area contributed by atoms with Crippen LogP contribution >= 0.6 is 46.4 Å². The molecule has 1 saturated heterocycles. The quantitative estimate of drug-likeness (QED) is 0.590. The van der Waals surface area contributed by atoms with Crippen molar-refractivity contribution in [1.29, 1.82) is 0 Å². The molecule has 1 aromatic rings. The molecular formula is C12H12Cl4FN3. The number of amidine groups is 1. The summed E-state index contributed by atoms with van der Waals surface area (Å²) in [6.45, 7) is 0.988. The summed E-state index contributed by atoms with van der Waals surface area (Å²) in [6.07, 6.45) is 0. The topological polar surface area (TPSA) is 18.8 Å². The number of anilines is 1. The van der Waals surface area contributed by atoms with Crippen LogP contribution in [0.4, 0.5) is 10.1 Å². The second-order valence-corrected chi connectivity index (χ2v) is 7.24. The standard InChI is InChI=1S/C12H12Cl4FN3/c1-19-6-10(18-11(13)12(14,15)16)20(7-19)9-5-3-2-4-8(9)17/h2-5,11H,6-7H2,1H3. The second-order valence-electron chi connectivity index (χ2n) is 4.46. The van der Waals surface area contributed by atoms with Gasteiger partial charge in [-0.2, -0.15) is 0 Å². The van der Waals surface area contributed by atoms with Gasteiger partial charge in [-0.3, -0.25) is 4.90 Å². The molecule has 8 heteroatoms. The van der Waals surface area contributed by atoms with Gasteiger partial charge in [0.1, 0.15) is 11.7 Å². The summed E-state index contributed by atoms with van der Waals surface area (Å²) in [7, 11) is 1.88. The van der Waals surface area contributed by atoms with Crippen molar-refractivity contribution >= 4 is 57.9 Å². The molecule has 2 rings (SSSR count). The van der Waals surface area contributed by atoms with Crippen LogP contribution in [-0.4, -0.2) is 40.3 Å². The smallest absolute Gasteiger partial charge is 0.226 e. The molecule has 20 heavy (non-hydrogen) atoms. The number of benzene rings is 1. The van der Waals surface area contributed by atoms with Gasteiger partial charge in [0.2, 0.25) is 3.79 Å². The van der Waals surface area contributed by atoms with Crippen LogP contribution in [0.1, 0.15) is 0 Å². The molecule has 0 aromatic heterocycles. The number of hydrogen-bond acceptors (Lipinski definition) is 2. The molecule has 1 aromatic carbocycles. The number of para-hydroxylation sites is 1. The van der Waals surface area contributed by atoms with E-state index < -0.39 is 9.29 Å². The van der Waals surface area contributed by atoms with E-state index in [1.807, 2.05) is 11.9 Å². The third-order valence-corrected chi connectivity index (χ3v) is 4.16. The van der Waals surface area contributed by atoms with Gasteiger partial charge in [0.05, 0.1) is 18.9 Å². The molecule has 0 spiro atoms. The lowest BCUT2D eigenvalue weighted by atomic mass is 10.3. The minimum atomic E-state index is -1.71. The molecular weight excluding hydrogens is 347 g/mol. The van der Waals surface area contributed by atoms with E-state index >= 15 is 0 Å². The molecule has 1 aliphatic heterocycles. The summed E-state index contributed by atoms with van der Waals surface area (Å²) >= 11 is 23.1. The van der Waals surface area contributed by atoms with Gasteiger partial charge in [-0.05, 0) is 19.2 Å². The van der Waals surface area contributed by atoms with Crippen LogP contribution in [0.3, 0.4) is 0 Å². The van der Waals surface area contributed by atoms with E-state index in [1.54, 1.807) is 23.1 Å². The molecule has 1 heterocycles. The Morgan fingerprint density at radius 1 is 1.30 bits per heavy atom. The number of nitrogens with zero attached hydrogens (tertiary/aromatic N) is 3. The largest absolute Gasteiger partial charge is 0.313 e. The van der Waals surface area contributed by atoms with Crippen molar-refractivity contribution in [1.82, 2.24) is 4.90 Å². The minimum absolute atomic E-state index is 0.337. The van der Waals surface area contributed by atoms with E-state index in [0.717, 1.165) is 0 Å². The summed E-state index contributed by atoms with van der Waals surface area (Å²) in [5.41, 5.74) is -0.618. The van der Waals surface area contributed by atoms with Crippen molar-refractivity contribution < 1.29 is 4.39 Å². The lowest BCUT2D eigenvalue weighted by Crippen LogP contribution is -2.30. The average Bonchev–Trinajstić information content (AvgIpc) is 2.69. The Kier molecular flexibility index (Phi) is 5.03. The first-order valence-corrected chi connectivity index (χ1v) is 7.34. The fourth-order valence-electron chi connectivity index (χ4n) is 1.90. The normalized spacial score (nSPS) is 20.7. The molecule has 3 nitrogen and oxygen atoms in total. The Bertz CT molecular complexity index is 518. The van der Waals surface area contributed by atoms with Gasteiger partial charge in [-0.1, -0.05) is 58.5 Å². The highest BCUT2D eigenvalue weighted by atomic mass is 35.6. The molecule has 0 amide bonds. The number of hydrogen-bond donors (Lipinski definition) is 0. The average molecular weight is 359 g/mol. The van der Waals surface area contributed by atoms with Gasteiger partial charge in [0.15, 0.2) is 5.50 Å². The van der Waals surface area contributed by atoms with Crippen molar-refractivity contribution in [3.8, 4) is 0 Å². The predicted octanol–water partition coefficient (Wildman–Crippen LogP) is 3.87. The van der Waals surface area contributed by atoms with Crippen LogP contribution in [0.25, 0.3) is 0 Å². The third-order valence-electron chi connectivity index (χ3n) is 2.78. The van der Waals surface area contributed by atoms with E-state index in [-0.39, 0.29) is 5.82 Å². The Labute approximate surface area is 136 Å². The van der Waals surface area contributed by atoms with E-state index in [2.05, 4.69) is 4.99 Å². The number of alkyl halides is 4. The van der Waals surface area contributed by atoms with Gasteiger partial charge in [0, 0.05) is 0 Å². The molecule has 0 bridgehead atoms. The maximum atomic E-state index is 13.9. The van der Waals surface area contributed by atoms with E-state index in [9.17, 15) is 4.39 Å². The summed E-state index contributed by atoms with van der Waals surface area (Å²) < 4.78 is 12.2. The zero-order valence-electron chi connectivity index (χ0n) is 10.5. The molecule has 0 N–H and O–H groups in total. The first kappa shape index (κ1) is 16.1. The fraction of sp³-hybridized carbons (Fsp3) is 0.417. The molecule has 0 saturated carbocycles. The van der Waals surface area contributed by atoms with Gasteiger partial charge in [-0.25, -0.2) is 9.38 Å². The first-order chi connectivity index (χ1) is 9.29. The zero-order valence-corrected chi connectivity index (χ0v) is 13.6. The number of aliphatic imine (C=N–C) groups is 1. The lowest BCUT2D eigenvalue weighted by Gasteiger charge is -2.21. The maximum absolute atomic E-state index is 13.9. The Hall–Kier alpha value is -0.260. The zero-order chi connectivity index (χ0) is 14.9. The van der Waals surface area contributed by atoms with Crippen LogP contribution < -0.4 is 4.90 Å². The molecule has 1 unspecified atom stereocenters. The monoisotopic (exact) mass is 357 g/mol. The Balaban J connectivity index is 2.32. The molecule has 1 fully saturated rings. The molecule has 0 radical (unpaired) electrons. The molecule has 110 valence electrons. The highest BCUT2D eigenvalue weighted by molar-refractivity contribution is 6.70. The predicted molar refractivity (Wildman–Crippen MR) is 83.7 cm³/mol. The van der Waals surface area contributed by atoms with Gasteiger partial charge < -0.3 is 4.90 Å². The van der Waals surface area contributed by atoms with Crippen molar-refractivity contribution in [2.45, 2.75) is 9.29 Å². The van der Waals surface area contributed by atoms with Crippen molar-refractivity contribution in [3.63, 3.8) is 0 Å². The van der Waals surface area contributed by atoms with Gasteiger partial charge in [-0.15, -0.1) is 0 Å². The summed E-state index contributed by atoms with van der Waals surface area (Å²) in [5, 5.41) is 0. The highest BCUT2D eigenvalue weighted by Gasteiger charge is 2.34. The van der Waals surface area contributed by atoms with Crippen LogP contribution in [0.5, 0.6) is 0 Å². The van der Waals surface area contributed by atoms with Gasteiger partial charge in [0.25, 0.3) is 0 Å². The van der Waals surface area contributed by atoms with Crippen molar-refractivity contribution in [2.75, 3.05) is 25.2 Å². The second kappa shape index (κ2) is 6.24. The van der Waals surface area contributed by atoms with Crippen molar-refractivity contribution in [2.24, 2.45) is 4.99 Å². The highest BCUT2D eigenvalue weighted by Crippen LogP contribution is 2.35. The van der Waals surface area contributed by atoms with Crippen LogP contribution in [0.2, 0.25) is 0 Å². The van der Waals surface area contributed by atoms with Crippen LogP contribution in [0.15, 0.2) is 29.3 Å². The SMILES string of the molecule is CN1CC(=NC(Cl)C(Cl)(Cl)Cl)N(c2ccccc2F)C1. The van der Waals surface area contributed by atoms with Crippen molar-refractivity contribution in [3.05, 3.63) is 30.1 Å². The van der Waals surface area contributed by atoms with Crippen LogP contribution in [0, 0.1) is 5.82 Å². The summed E-state index contributed by atoms with van der Waals surface area (Å²) in [6, 6.07) is 6.43. The first-order valence-electron chi connectivity index (χ1n) is 5.77. The number of rotatable bonds is 2. The Morgan fingerprint density at radius 2 is 1.95 bits per heavy atom. The van der Waals surface area contributed by atoms with Crippen LogP contribution in [-0.2, 0) is 0 Å². The fourth-order valence-corrected chi connectivity index (χ4v) is 2.16. The third kappa shape index (κ3) is 3.68. The van der Waals surface area contributed by atoms with Gasteiger partial charge >= 0.3 is 0 Å². The van der Waals surface area contributed by atoms with E-state index in [0.29, 0.717) is 24.7 Å². The van der Waals surface area contributed by atoms with E-state index in [1.165, 1.54) is 6.07 Å². The minimum Gasteiger partial charge on any atom is -0.313 e. The lowest BCUT2D eigenvalue weighted by molar-refractivity contribution is 0.427. The molecule has 1 aliphatic rings.